The molecule has 2 aromatic rings. The third-order valence-electron chi connectivity index (χ3n) is 7.71. The minimum atomic E-state index is 0.131. The largest absolute Gasteiger partial charge is 0.359 e. The maximum Gasteiger partial charge on any atom is 0.0382 e. The average Bonchev–Trinajstić information content (AvgIpc) is 2.85. The first-order chi connectivity index (χ1) is 16.1. The van der Waals surface area contributed by atoms with Crippen LogP contribution in [0.25, 0.3) is 11.1 Å². The molecule has 0 fully saturated rings. The van der Waals surface area contributed by atoms with E-state index in [4.69, 9.17) is 5.73 Å². The van der Waals surface area contributed by atoms with E-state index in [1.807, 2.05) is 0 Å². The minimum Gasteiger partial charge on any atom is -0.359 e. The van der Waals surface area contributed by atoms with Crippen molar-refractivity contribution >= 4 is 5.69 Å². The molecule has 0 aliphatic heterocycles. The summed E-state index contributed by atoms with van der Waals surface area (Å²) in [6.07, 6.45) is 23.0. The SMILES string of the molecule is CC1(C2CCC(N)C=C2Nc2ccc(-c3cccc(C4C=CCCC4)c3)cc2)C=CC=CC1. The Labute approximate surface area is 199 Å². The lowest BCUT2D eigenvalue weighted by atomic mass is 9.67. The molecule has 2 aromatic carbocycles. The summed E-state index contributed by atoms with van der Waals surface area (Å²) in [6, 6.07) is 18.1. The highest BCUT2D eigenvalue weighted by molar-refractivity contribution is 5.67. The Hall–Kier alpha value is -2.84. The standard InChI is InChI=1S/C31H36N2/c1-31(19-6-3-7-20-31)29-18-15-27(32)22-30(29)33-28-16-13-24(14-17-28)26-12-8-11-25(21-26)23-9-4-2-5-10-23/h3-4,6-9,11-14,16-17,19,21-23,27,29,33H,2,5,10,15,18,20,32H2,1H3. The van der Waals surface area contributed by atoms with Crippen molar-refractivity contribution in [3.63, 3.8) is 0 Å². The van der Waals surface area contributed by atoms with Crippen molar-refractivity contribution < 1.29 is 0 Å². The van der Waals surface area contributed by atoms with Gasteiger partial charge in [-0.2, -0.15) is 0 Å². The smallest absolute Gasteiger partial charge is 0.0382 e. The van der Waals surface area contributed by atoms with Crippen LogP contribution in [-0.2, 0) is 0 Å². The quantitative estimate of drug-likeness (QED) is 0.471. The van der Waals surface area contributed by atoms with E-state index < -0.39 is 0 Å². The van der Waals surface area contributed by atoms with Gasteiger partial charge in [0.15, 0.2) is 0 Å². The maximum absolute atomic E-state index is 6.34. The van der Waals surface area contributed by atoms with E-state index in [1.165, 1.54) is 41.6 Å². The van der Waals surface area contributed by atoms with Gasteiger partial charge >= 0.3 is 0 Å². The minimum absolute atomic E-state index is 0.131. The van der Waals surface area contributed by atoms with Gasteiger partial charge in [0.25, 0.3) is 0 Å². The number of allylic oxidation sites excluding steroid dienone is 7. The van der Waals surface area contributed by atoms with Crippen LogP contribution >= 0.6 is 0 Å². The lowest BCUT2D eigenvalue weighted by Crippen LogP contribution is -2.36. The second kappa shape index (κ2) is 9.57. The van der Waals surface area contributed by atoms with Gasteiger partial charge in [0.1, 0.15) is 0 Å². The van der Waals surface area contributed by atoms with Crippen molar-refractivity contribution in [2.45, 2.75) is 57.4 Å². The molecule has 2 heteroatoms. The molecule has 4 atom stereocenters. The second-order valence-electron chi connectivity index (χ2n) is 10.2. The van der Waals surface area contributed by atoms with Crippen molar-refractivity contribution in [1.82, 2.24) is 0 Å². The van der Waals surface area contributed by atoms with Crippen molar-refractivity contribution in [2.24, 2.45) is 17.1 Å². The molecule has 0 amide bonds. The average molecular weight is 437 g/mol. The highest BCUT2D eigenvalue weighted by Crippen LogP contribution is 2.44. The molecule has 2 nitrogen and oxygen atoms in total. The zero-order valence-corrected chi connectivity index (χ0v) is 19.7. The van der Waals surface area contributed by atoms with Crippen LogP contribution in [0.2, 0.25) is 0 Å². The summed E-state index contributed by atoms with van der Waals surface area (Å²) in [4.78, 5) is 0. The van der Waals surface area contributed by atoms with E-state index in [9.17, 15) is 0 Å². The third kappa shape index (κ3) is 4.91. The molecule has 0 saturated heterocycles. The van der Waals surface area contributed by atoms with Gasteiger partial charge in [0.05, 0.1) is 0 Å². The summed E-state index contributed by atoms with van der Waals surface area (Å²) < 4.78 is 0. The molecule has 0 saturated carbocycles. The molecular formula is C31H36N2. The Morgan fingerprint density at radius 1 is 0.939 bits per heavy atom. The summed E-state index contributed by atoms with van der Waals surface area (Å²) in [6.45, 7) is 2.38. The summed E-state index contributed by atoms with van der Waals surface area (Å²) in [7, 11) is 0. The Morgan fingerprint density at radius 3 is 2.58 bits per heavy atom. The molecule has 0 heterocycles. The first-order valence-corrected chi connectivity index (χ1v) is 12.6. The van der Waals surface area contributed by atoms with Crippen LogP contribution in [0.4, 0.5) is 5.69 Å². The zero-order chi connectivity index (χ0) is 22.7. The fourth-order valence-electron chi connectivity index (χ4n) is 5.71. The van der Waals surface area contributed by atoms with Crippen LogP contribution in [0.5, 0.6) is 0 Å². The topological polar surface area (TPSA) is 38.0 Å². The molecule has 4 unspecified atom stereocenters. The maximum atomic E-state index is 6.34. The van der Waals surface area contributed by atoms with E-state index in [-0.39, 0.29) is 11.5 Å². The van der Waals surface area contributed by atoms with Crippen molar-refractivity contribution in [1.29, 1.82) is 0 Å². The number of hydrogen-bond acceptors (Lipinski definition) is 2. The van der Waals surface area contributed by atoms with Gasteiger partial charge in [0.2, 0.25) is 0 Å². The van der Waals surface area contributed by atoms with Crippen molar-refractivity contribution in [3.8, 4) is 11.1 Å². The summed E-state index contributed by atoms with van der Waals surface area (Å²) >= 11 is 0. The van der Waals surface area contributed by atoms with E-state index in [1.54, 1.807) is 0 Å². The molecule has 3 N–H and O–H groups in total. The van der Waals surface area contributed by atoms with Crippen LogP contribution in [-0.4, -0.2) is 6.04 Å². The van der Waals surface area contributed by atoms with Crippen LogP contribution in [0.1, 0.15) is 56.9 Å². The summed E-state index contributed by atoms with van der Waals surface area (Å²) in [5, 5.41) is 3.74. The zero-order valence-electron chi connectivity index (χ0n) is 19.7. The van der Waals surface area contributed by atoms with E-state index in [0.717, 1.165) is 24.9 Å². The molecule has 3 aliphatic rings. The number of nitrogens with two attached hydrogens (primary N) is 1. The summed E-state index contributed by atoms with van der Waals surface area (Å²) in [5.74, 6) is 1.02. The third-order valence-corrected chi connectivity index (χ3v) is 7.71. The molecule has 0 aromatic heterocycles. The molecule has 0 spiro atoms. The lowest BCUT2D eigenvalue weighted by Gasteiger charge is -2.40. The van der Waals surface area contributed by atoms with Crippen molar-refractivity contribution in [2.75, 3.05) is 5.32 Å². The van der Waals surface area contributed by atoms with Crippen molar-refractivity contribution in [3.05, 3.63) is 102 Å². The highest BCUT2D eigenvalue weighted by atomic mass is 14.9. The van der Waals surface area contributed by atoms with Gasteiger partial charge in [0, 0.05) is 29.3 Å². The molecule has 170 valence electrons. The van der Waals surface area contributed by atoms with E-state index in [2.05, 4.69) is 103 Å². The Morgan fingerprint density at radius 2 is 1.82 bits per heavy atom. The molecular weight excluding hydrogens is 400 g/mol. The van der Waals surface area contributed by atoms with Crippen LogP contribution in [0, 0.1) is 11.3 Å². The van der Waals surface area contributed by atoms with Gasteiger partial charge in [-0.05, 0) is 78.8 Å². The normalized spacial score (nSPS) is 29.0. The fourth-order valence-corrected chi connectivity index (χ4v) is 5.71. The summed E-state index contributed by atoms with van der Waals surface area (Å²) in [5.41, 5.74) is 12.9. The van der Waals surface area contributed by atoms with Crippen LogP contribution < -0.4 is 11.1 Å². The predicted molar refractivity (Wildman–Crippen MR) is 141 cm³/mol. The Balaban J connectivity index is 1.34. The predicted octanol–water partition coefficient (Wildman–Crippen LogP) is 7.73. The van der Waals surface area contributed by atoms with Gasteiger partial charge in [-0.3, -0.25) is 0 Å². The van der Waals surface area contributed by atoms with Crippen LogP contribution in [0.15, 0.2) is 96.8 Å². The van der Waals surface area contributed by atoms with Gasteiger partial charge < -0.3 is 11.1 Å². The first-order valence-electron chi connectivity index (χ1n) is 12.6. The molecule has 3 aliphatic carbocycles. The molecule has 0 bridgehead atoms. The Kier molecular flexibility index (Phi) is 6.37. The number of nitrogens with one attached hydrogen (secondary N) is 1. The van der Waals surface area contributed by atoms with Gasteiger partial charge in [-0.1, -0.05) is 79.8 Å². The first kappa shape index (κ1) is 22.0. The van der Waals surface area contributed by atoms with Gasteiger partial charge in [-0.15, -0.1) is 0 Å². The van der Waals surface area contributed by atoms with Gasteiger partial charge in [-0.25, -0.2) is 0 Å². The van der Waals surface area contributed by atoms with Crippen LogP contribution in [0.3, 0.4) is 0 Å². The molecule has 0 radical (unpaired) electrons. The Bertz CT molecular complexity index is 1090. The number of hydrogen-bond donors (Lipinski definition) is 2. The lowest BCUT2D eigenvalue weighted by molar-refractivity contribution is 0.262. The van der Waals surface area contributed by atoms with E-state index >= 15 is 0 Å². The number of benzene rings is 2. The number of anilines is 1. The molecule has 33 heavy (non-hydrogen) atoms. The highest BCUT2D eigenvalue weighted by Gasteiger charge is 2.36. The van der Waals surface area contributed by atoms with E-state index in [0.29, 0.717) is 11.8 Å². The number of rotatable bonds is 5. The monoisotopic (exact) mass is 436 g/mol. The molecule has 5 rings (SSSR count). The fraction of sp³-hybridized carbons (Fsp3) is 0.355. The second-order valence-corrected chi connectivity index (χ2v) is 10.2.